The summed E-state index contributed by atoms with van der Waals surface area (Å²) < 4.78 is 12.0. The van der Waals surface area contributed by atoms with E-state index in [9.17, 15) is 4.79 Å². The third kappa shape index (κ3) is 4.93. The first-order valence-electron chi connectivity index (χ1n) is 9.90. The minimum Gasteiger partial charge on any atom is -1.00 e. The third-order valence-electron chi connectivity index (χ3n) is 5.42. The number of rotatable bonds is 7. The number of likely N-dealkylation sites (tertiary alicyclic amines) is 1. The van der Waals surface area contributed by atoms with Crippen molar-refractivity contribution in [3.8, 4) is 0 Å². The summed E-state index contributed by atoms with van der Waals surface area (Å²) in [5, 5.41) is 0. The first-order chi connectivity index (χ1) is 13.2. The highest BCUT2D eigenvalue weighted by molar-refractivity contribution is 5.85. The number of nitrogens with one attached hydrogen (secondary N) is 1. The van der Waals surface area contributed by atoms with E-state index in [4.69, 9.17) is 9.47 Å². The molecule has 1 aliphatic rings. The summed E-state index contributed by atoms with van der Waals surface area (Å²) >= 11 is 0. The molecular formula is C23H30ClNO3. The molecule has 0 aromatic heterocycles. The lowest BCUT2D eigenvalue weighted by atomic mass is 9.86. The number of ether oxygens (including phenoxy) is 2. The van der Waals surface area contributed by atoms with Crippen LogP contribution in [0.3, 0.4) is 0 Å². The van der Waals surface area contributed by atoms with Gasteiger partial charge in [-0.3, -0.25) is 0 Å². The Morgan fingerprint density at radius 3 is 1.96 bits per heavy atom. The van der Waals surface area contributed by atoms with Gasteiger partial charge in [0.25, 0.3) is 0 Å². The molecule has 28 heavy (non-hydrogen) atoms. The minimum absolute atomic E-state index is 0. The van der Waals surface area contributed by atoms with Crippen molar-refractivity contribution in [2.75, 3.05) is 33.4 Å². The summed E-state index contributed by atoms with van der Waals surface area (Å²) in [6, 6.07) is 19.3. The number of carbonyl (C=O) groups is 1. The lowest BCUT2D eigenvalue weighted by molar-refractivity contribution is -0.886. The molecule has 4 nitrogen and oxygen atoms in total. The molecule has 152 valence electrons. The van der Waals surface area contributed by atoms with Gasteiger partial charge in [-0.05, 0) is 18.1 Å². The van der Waals surface area contributed by atoms with Crippen LogP contribution in [-0.2, 0) is 19.9 Å². The quantitative estimate of drug-likeness (QED) is 0.630. The van der Waals surface area contributed by atoms with Crippen LogP contribution in [-0.4, -0.2) is 39.3 Å². The van der Waals surface area contributed by atoms with Crippen molar-refractivity contribution in [1.82, 2.24) is 0 Å². The first kappa shape index (κ1) is 22.4. The predicted octanol–water partition coefficient (Wildman–Crippen LogP) is -0.561. The highest BCUT2D eigenvalue weighted by Gasteiger charge is 2.45. The Hall–Kier alpha value is -1.88. The van der Waals surface area contributed by atoms with Crippen molar-refractivity contribution in [1.29, 1.82) is 0 Å². The average molecular weight is 404 g/mol. The predicted molar refractivity (Wildman–Crippen MR) is 106 cm³/mol. The highest BCUT2D eigenvalue weighted by atomic mass is 35.5. The number of hydrogen-bond acceptors (Lipinski definition) is 3. The number of halogens is 1. The summed E-state index contributed by atoms with van der Waals surface area (Å²) in [7, 11) is 2.22. The molecule has 3 rings (SSSR count). The molecule has 0 atom stereocenters. The van der Waals surface area contributed by atoms with Crippen LogP contribution in [0.2, 0.25) is 0 Å². The summed E-state index contributed by atoms with van der Waals surface area (Å²) in [5.74, 6) is 0.108. The normalized spacial score (nSPS) is 19.5. The topological polar surface area (TPSA) is 40.0 Å². The van der Waals surface area contributed by atoms with E-state index in [0.29, 0.717) is 19.1 Å². The van der Waals surface area contributed by atoms with Crippen LogP contribution < -0.4 is 17.3 Å². The van der Waals surface area contributed by atoms with Crippen LogP contribution in [0.1, 0.15) is 30.9 Å². The van der Waals surface area contributed by atoms with Gasteiger partial charge >= 0.3 is 5.97 Å². The van der Waals surface area contributed by atoms with Crippen LogP contribution in [0.5, 0.6) is 0 Å². The van der Waals surface area contributed by atoms with E-state index in [0.717, 1.165) is 37.1 Å². The van der Waals surface area contributed by atoms with Gasteiger partial charge in [-0.25, -0.2) is 4.79 Å². The minimum atomic E-state index is -1.23. The van der Waals surface area contributed by atoms with E-state index in [1.165, 1.54) is 0 Å². The van der Waals surface area contributed by atoms with Gasteiger partial charge in [-0.2, -0.15) is 0 Å². The van der Waals surface area contributed by atoms with Crippen molar-refractivity contribution in [2.45, 2.75) is 25.4 Å². The number of quaternary nitrogens is 1. The van der Waals surface area contributed by atoms with Crippen molar-refractivity contribution < 1.29 is 31.6 Å². The van der Waals surface area contributed by atoms with Gasteiger partial charge in [0.1, 0.15) is 0 Å². The third-order valence-corrected chi connectivity index (χ3v) is 5.42. The van der Waals surface area contributed by atoms with Crippen LogP contribution in [0.4, 0.5) is 0 Å². The Bertz CT molecular complexity index is 676. The van der Waals surface area contributed by atoms with Crippen molar-refractivity contribution >= 4 is 5.97 Å². The maximum Gasteiger partial charge on any atom is 0.347 e. The molecule has 2 aromatic carbocycles. The maximum absolute atomic E-state index is 13.4. The molecule has 1 aliphatic heterocycles. The zero-order chi connectivity index (χ0) is 19.1. The van der Waals surface area contributed by atoms with Gasteiger partial charge in [0.2, 0.25) is 5.60 Å². The summed E-state index contributed by atoms with van der Waals surface area (Å²) in [4.78, 5) is 15.0. The van der Waals surface area contributed by atoms with E-state index in [1.807, 2.05) is 67.6 Å². The molecule has 0 unspecified atom stereocenters. The highest BCUT2D eigenvalue weighted by Crippen LogP contribution is 2.35. The fourth-order valence-electron chi connectivity index (χ4n) is 3.82. The molecule has 1 N–H and O–H groups in total. The van der Waals surface area contributed by atoms with E-state index in [-0.39, 0.29) is 18.4 Å². The van der Waals surface area contributed by atoms with Crippen LogP contribution in [0.15, 0.2) is 60.7 Å². The molecule has 0 aliphatic carbocycles. The SMILES string of the molecule is CCOC(C(=O)OCC1CC[NH+](C)CC1)(c1ccccc1)c1ccccc1.[Cl-]. The first-order valence-corrected chi connectivity index (χ1v) is 9.90. The number of piperidine rings is 1. The molecule has 1 heterocycles. The fraction of sp³-hybridized carbons (Fsp3) is 0.435. The van der Waals surface area contributed by atoms with Crippen LogP contribution in [0, 0.1) is 5.92 Å². The second kappa shape index (κ2) is 10.6. The molecule has 0 spiro atoms. The molecule has 2 aromatic rings. The smallest absolute Gasteiger partial charge is 0.347 e. The molecule has 1 fully saturated rings. The van der Waals surface area contributed by atoms with Gasteiger partial charge in [-0.15, -0.1) is 0 Å². The lowest BCUT2D eigenvalue weighted by Gasteiger charge is -2.33. The van der Waals surface area contributed by atoms with E-state index in [1.54, 1.807) is 4.90 Å². The molecule has 0 radical (unpaired) electrons. The summed E-state index contributed by atoms with van der Waals surface area (Å²) in [6.07, 6.45) is 2.19. The van der Waals surface area contributed by atoms with E-state index < -0.39 is 5.60 Å². The monoisotopic (exact) mass is 403 g/mol. The molecule has 0 bridgehead atoms. The molecule has 0 saturated carbocycles. The Kier molecular flexibility index (Phi) is 8.49. The second-order valence-electron chi connectivity index (χ2n) is 7.35. The zero-order valence-corrected chi connectivity index (χ0v) is 17.5. The lowest BCUT2D eigenvalue weighted by Crippen LogP contribution is -3.10. The number of esters is 1. The zero-order valence-electron chi connectivity index (χ0n) is 16.7. The van der Waals surface area contributed by atoms with Crippen molar-refractivity contribution in [2.24, 2.45) is 5.92 Å². The standard InChI is InChI=1S/C23H29NO3.ClH/c1-3-27-23(20-10-6-4-7-11-20,21-12-8-5-9-13-21)22(25)26-18-19-14-16-24(2)17-15-19;/h4-13,19H,3,14-18H2,1-2H3;1H. The second-order valence-corrected chi connectivity index (χ2v) is 7.35. The number of hydrogen-bond donors (Lipinski definition) is 1. The summed E-state index contributed by atoms with van der Waals surface area (Å²) in [5.41, 5.74) is 0.375. The van der Waals surface area contributed by atoms with Crippen LogP contribution >= 0.6 is 0 Å². The van der Waals surface area contributed by atoms with E-state index in [2.05, 4.69) is 7.05 Å². The Labute approximate surface area is 174 Å². The molecule has 0 amide bonds. The fourth-order valence-corrected chi connectivity index (χ4v) is 3.82. The number of carbonyl (C=O) groups excluding carboxylic acids is 1. The average Bonchev–Trinajstić information content (AvgIpc) is 2.72. The largest absolute Gasteiger partial charge is 1.00 e. The Morgan fingerprint density at radius 1 is 1.00 bits per heavy atom. The van der Waals surface area contributed by atoms with Gasteiger partial charge in [0.05, 0.1) is 26.7 Å². The maximum atomic E-state index is 13.4. The Morgan fingerprint density at radius 2 is 1.50 bits per heavy atom. The van der Waals surface area contributed by atoms with Gasteiger partial charge in [-0.1, -0.05) is 60.7 Å². The van der Waals surface area contributed by atoms with E-state index >= 15 is 0 Å². The molecular weight excluding hydrogens is 374 g/mol. The van der Waals surface area contributed by atoms with Gasteiger partial charge < -0.3 is 26.8 Å². The Balaban J connectivity index is 0.00000280. The van der Waals surface area contributed by atoms with Crippen LogP contribution in [0.25, 0.3) is 0 Å². The molecule has 5 heteroatoms. The summed E-state index contributed by atoms with van der Waals surface area (Å²) in [6.45, 7) is 5.05. The number of benzene rings is 2. The van der Waals surface area contributed by atoms with Gasteiger partial charge in [0.15, 0.2) is 0 Å². The van der Waals surface area contributed by atoms with Gasteiger partial charge in [0, 0.05) is 25.4 Å². The van der Waals surface area contributed by atoms with Crippen molar-refractivity contribution in [3.63, 3.8) is 0 Å². The molecule has 1 saturated heterocycles. The van der Waals surface area contributed by atoms with Crippen molar-refractivity contribution in [3.05, 3.63) is 71.8 Å².